The number of fused-ring (bicyclic) bond motifs is 1. The van der Waals surface area contributed by atoms with E-state index in [2.05, 4.69) is 29.9 Å². The molecule has 150 valence electrons. The van der Waals surface area contributed by atoms with Gasteiger partial charge in [0.2, 0.25) is 5.13 Å². The zero-order chi connectivity index (χ0) is 20.8. The van der Waals surface area contributed by atoms with Gasteiger partial charge in [-0.25, -0.2) is 4.98 Å². The van der Waals surface area contributed by atoms with Crippen molar-refractivity contribution in [2.45, 2.75) is 6.92 Å². The van der Waals surface area contributed by atoms with Crippen molar-refractivity contribution in [3.8, 4) is 17.2 Å². The van der Waals surface area contributed by atoms with Crippen molar-refractivity contribution in [1.29, 1.82) is 0 Å². The molecule has 0 unspecified atom stereocenters. The lowest BCUT2D eigenvalue weighted by atomic mass is 10.2. The summed E-state index contributed by atoms with van der Waals surface area (Å²) >= 11 is 7.69. The van der Waals surface area contributed by atoms with E-state index < -0.39 is 0 Å². The molecule has 0 amide bonds. The fourth-order valence-electron chi connectivity index (χ4n) is 3.16. The molecule has 2 N–H and O–H groups in total. The smallest absolute Gasteiger partial charge is 0.273 e. The van der Waals surface area contributed by atoms with Crippen molar-refractivity contribution in [2.75, 3.05) is 5.32 Å². The number of aromatic amines is 1. The van der Waals surface area contributed by atoms with Crippen LogP contribution in [0.4, 0.5) is 10.8 Å². The van der Waals surface area contributed by atoms with E-state index in [1.807, 2.05) is 26.1 Å². The minimum Gasteiger partial charge on any atom is -0.329 e. The topological polar surface area (TPSA) is 106 Å². The highest BCUT2D eigenvalue weighted by Gasteiger charge is 2.13. The number of hydrogen-bond donors (Lipinski definition) is 2. The Labute approximate surface area is 179 Å². The normalized spacial score (nSPS) is 11.3. The van der Waals surface area contributed by atoms with Crippen LogP contribution in [0.25, 0.3) is 28.1 Å². The van der Waals surface area contributed by atoms with E-state index in [9.17, 15) is 4.79 Å². The molecule has 0 aliphatic rings. The summed E-state index contributed by atoms with van der Waals surface area (Å²) in [6.07, 6.45) is 3.32. The van der Waals surface area contributed by atoms with Crippen LogP contribution in [-0.4, -0.2) is 33.9 Å². The first-order valence-corrected chi connectivity index (χ1v) is 10.1. The first-order chi connectivity index (χ1) is 14.5. The molecule has 0 aliphatic heterocycles. The number of rotatable bonds is 4. The van der Waals surface area contributed by atoms with Gasteiger partial charge < -0.3 is 5.32 Å². The zero-order valence-electron chi connectivity index (χ0n) is 15.9. The highest BCUT2D eigenvalue weighted by atomic mass is 35.5. The SMILES string of the molecule is Cc1cc(=O)n(-c2cc(-c3nsc(Nc4ccc5[nH]ncc5c4Cl)n3)ccn2)n1C. The fraction of sp³-hybridized carbons (Fsp3) is 0.105. The third-order valence-corrected chi connectivity index (χ3v) is 5.84. The number of pyridine rings is 1. The van der Waals surface area contributed by atoms with Crippen LogP contribution in [0.2, 0.25) is 5.02 Å². The second kappa shape index (κ2) is 7.08. The lowest BCUT2D eigenvalue weighted by Gasteiger charge is -2.08. The third-order valence-electron chi connectivity index (χ3n) is 4.80. The summed E-state index contributed by atoms with van der Waals surface area (Å²) in [7, 11) is 1.81. The Morgan fingerprint density at radius 2 is 2.10 bits per heavy atom. The Hall–Kier alpha value is -3.50. The molecule has 0 fully saturated rings. The Balaban J connectivity index is 1.47. The van der Waals surface area contributed by atoms with Crippen LogP contribution in [0, 0.1) is 6.92 Å². The maximum absolute atomic E-state index is 12.3. The minimum absolute atomic E-state index is 0.141. The summed E-state index contributed by atoms with van der Waals surface area (Å²) < 4.78 is 7.69. The summed E-state index contributed by atoms with van der Waals surface area (Å²) in [4.78, 5) is 21.2. The van der Waals surface area contributed by atoms with Gasteiger partial charge >= 0.3 is 0 Å². The van der Waals surface area contributed by atoms with E-state index >= 15 is 0 Å². The molecule has 0 saturated carbocycles. The Kier molecular flexibility index (Phi) is 4.37. The van der Waals surface area contributed by atoms with Gasteiger partial charge in [0.15, 0.2) is 11.6 Å². The highest BCUT2D eigenvalue weighted by molar-refractivity contribution is 7.10. The van der Waals surface area contributed by atoms with E-state index in [0.29, 0.717) is 21.8 Å². The van der Waals surface area contributed by atoms with Crippen molar-refractivity contribution in [3.05, 3.63) is 63.8 Å². The number of aryl methyl sites for hydroxylation is 1. The predicted molar refractivity (Wildman–Crippen MR) is 117 cm³/mol. The number of benzene rings is 1. The third kappa shape index (κ3) is 3.06. The number of anilines is 2. The first kappa shape index (κ1) is 18.5. The molecule has 0 spiro atoms. The van der Waals surface area contributed by atoms with Crippen molar-refractivity contribution >= 4 is 44.9 Å². The maximum atomic E-state index is 12.3. The lowest BCUT2D eigenvalue weighted by molar-refractivity contribution is 0.619. The molecule has 0 bridgehead atoms. The average molecular weight is 439 g/mol. The number of nitrogens with zero attached hydrogens (tertiary/aromatic N) is 6. The summed E-state index contributed by atoms with van der Waals surface area (Å²) in [5.74, 6) is 1.04. The van der Waals surface area contributed by atoms with Crippen LogP contribution in [-0.2, 0) is 7.05 Å². The largest absolute Gasteiger partial charge is 0.329 e. The molecule has 5 aromatic rings. The molecular weight excluding hydrogens is 424 g/mol. The lowest BCUT2D eigenvalue weighted by Crippen LogP contribution is -2.20. The van der Waals surface area contributed by atoms with E-state index in [0.717, 1.165) is 27.8 Å². The van der Waals surface area contributed by atoms with Crippen molar-refractivity contribution < 1.29 is 0 Å². The molecule has 30 heavy (non-hydrogen) atoms. The second-order valence-electron chi connectivity index (χ2n) is 6.67. The van der Waals surface area contributed by atoms with E-state index in [1.54, 1.807) is 35.3 Å². The van der Waals surface area contributed by atoms with Gasteiger partial charge in [-0.05, 0) is 31.2 Å². The summed E-state index contributed by atoms with van der Waals surface area (Å²) in [5.41, 5.74) is 3.04. The van der Waals surface area contributed by atoms with Gasteiger partial charge in [0.1, 0.15) is 0 Å². The average Bonchev–Trinajstić information content (AvgIpc) is 3.45. The van der Waals surface area contributed by atoms with Gasteiger partial charge in [0.05, 0.1) is 22.4 Å². The van der Waals surface area contributed by atoms with Crippen LogP contribution < -0.4 is 10.9 Å². The molecule has 0 aliphatic carbocycles. The van der Waals surface area contributed by atoms with E-state index in [-0.39, 0.29) is 5.56 Å². The van der Waals surface area contributed by atoms with Crippen molar-refractivity contribution in [2.24, 2.45) is 7.05 Å². The van der Waals surface area contributed by atoms with Crippen LogP contribution in [0.3, 0.4) is 0 Å². The van der Waals surface area contributed by atoms with Gasteiger partial charge in [0.25, 0.3) is 5.56 Å². The predicted octanol–water partition coefficient (Wildman–Crippen LogP) is 3.67. The minimum atomic E-state index is -0.141. The molecule has 5 rings (SSSR count). The molecule has 0 saturated heterocycles. The number of hydrogen-bond acceptors (Lipinski definition) is 7. The fourth-order valence-corrected chi connectivity index (χ4v) is 4.03. The molecule has 4 heterocycles. The molecule has 0 atom stereocenters. The van der Waals surface area contributed by atoms with Gasteiger partial charge in [-0.1, -0.05) is 11.6 Å². The van der Waals surface area contributed by atoms with Gasteiger partial charge in [0, 0.05) is 47.5 Å². The highest BCUT2D eigenvalue weighted by Crippen LogP contribution is 2.33. The van der Waals surface area contributed by atoms with Gasteiger partial charge in [-0.15, -0.1) is 0 Å². The number of halogens is 1. The van der Waals surface area contributed by atoms with Crippen LogP contribution in [0.15, 0.2) is 47.5 Å². The zero-order valence-corrected chi connectivity index (χ0v) is 17.5. The molecule has 1 aromatic carbocycles. The Morgan fingerprint density at radius 1 is 1.23 bits per heavy atom. The Bertz CT molecular complexity index is 1450. The first-order valence-electron chi connectivity index (χ1n) is 8.96. The second-order valence-corrected chi connectivity index (χ2v) is 7.80. The van der Waals surface area contributed by atoms with Crippen LogP contribution >= 0.6 is 23.1 Å². The standard InChI is InChI=1S/C19H15ClN8OS/c1-10-7-16(29)28(27(10)2)15-8-11(5-6-21-15)18-24-19(30-26-18)23-14-4-3-13-12(17(14)20)9-22-25-13/h3-9H,1-2H3,(H,22,25)(H,23,24,26). The van der Waals surface area contributed by atoms with Crippen molar-refractivity contribution in [3.63, 3.8) is 0 Å². The number of nitrogens with one attached hydrogen (secondary N) is 2. The van der Waals surface area contributed by atoms with E-state index in [1.165, 1.54) is 16.2 Å². The summed E-state index contributed by atoms with van der Waals surface area (Å²) in [5, 5.41) is 12.1. The number of H-pyrrole nitrogens is 1. The summed E-state index contributed by atoms with van der Waals surface area (Å²) in [6.45, 7) is 1.87. The van der Waals surface area contributed by atoms with Crippen LogP contribution in [0.5, 0.6) is 0 Å². The van der Waals surface area contributed by atoms with Gasteiger partial charge in [-0.2, -0.15) is 19.1 Å². The molecular formula is C19H15ClN8OS. The number of aromatic nitrogens is 7. The Morgan fingerprint density at radius 3 is 2.90 bits per heavy atom. The molecule has 9 nitrogen and oxygen atoms in total. The maximum Gasteiger partial charge on any atom is 0.273 e. The molecule has 0 radical (unpaired) electrons. The molecule has 4 aromatic heterocycles. The monoisotopic (exact) mass is 438 g/mol. The molecule has 11 heteroatoms. The summed E-state index contributed by atoms with van der Waals surface area (Å²) in [6, 6.07) is 8.92. The van der Waals surface area contributed by atoms with Gasteiger partial charge in [-0.3, -0.25) is 14.6 Å². The van der Waals surface area contributed by atoms with Crippen LogP contribution in [0.1, 0.15) is 5.69 Å². The van der Waals surface area contributed by atoms with E-state index in [4.69, 9.17) is 11.6 Å². The quantitative estimate of drug-likeness (QED) is 0.443. The van der Waals surface area contributed by atoms with Crippen molar-refractivity contribution in [1.82, 2.24) is 33.9 Å².